The number of carbonyl (C=O) groups excluding carboxylic acids is 2. The minimum Gasteiger partial charge on any atom is -0.481 e. The van der Waals surface area contributed by atoms with Gasteiger partial charge in [-0.05, 0) is 55.0 Å². The van der Waals surface area contributed by atoms with Crippen LogP contribution in [0.5, 0.6) is 0 Å². The molecule has 1 aliphatic heterocycles. The molecule has 0 saturated carbocycles. The molecule has 9 heteroatoms. The van der Waals surface area contributed by atoms with Crippen molar-refractivity contribution in [3.63, 3.8) is 0 Å². The van der Waals surface area contributed by atoms with Gasteiger partial charge in [0.05, 0.1) is 22.3 Å². The van der Waals surface area contributed by atoms with Crippen LogP contribution in [0.3, 0.4) is 0 Å². The van der Waals surface area contributed by atoms with Crippen LogP contribution in [0.2, 0.25) is 0 Å². The molecule has 5 rings (SSSR count). The Morgan fingerprint density at radius 2 is 1.69 bits per heavy atom. The fourth-order valence-corrected chi connectivity index (χ4v) is 4.42. The molecule has 39 heavy (non-hydrogen) atoms. The van der Waals surface area contributed by atoms with Crippen LogP contribution in [0.4, 0.5) is 0 Å². The molecular formula is C30H24N5O4+. The predicted octanol–water partition coefficient (Wildman–Crippen LogP) is 3.02. The lowest BCUT2D eigenvalue weighted by molar-refractivity contribution is -0.431. The third-order valence-electron chi connectivity index (χ3n) is 6.50. The van der Waals surface area contributed by atoms with Gasteiger partial charge < -0.3 is 5.11 Å². The summed E-state index contributed by atoms with van der Waals surface area (Å²) in [5, 5.41) is 9.85. The number of benzene rings is 2. The van der Waals surface area contributed by atoms with Gasteiger partial charge in [-0.3, -0.25) is 20.0 Å². The number of fused-ring (bicyclic) bond motifs is 1. The third-order valence-corrected chi connectivity index (χ3v) is 6.50. The van der Waals surface area contributed by atoms with Gasteiger partial charge in [0.1, 0.15) is 5.92 Å². The minimum atomic E-state index is -0.916. The van der Waals surface area contributed by atoms with E-state index in [-0.39, 0.29) is 5.91 Å². The number of hydrogen-bond acceptors (Lipinski definition) is 6. The number of hydrogen-bond donors (Lipinski definition) is 3. The van der Waals surface area contributed by atoms with Crippen molar-refractivity contribution in [2.45, 2.75) is 12.8 Å². The molecule has 3 heterocycles. The lowest BCUT2D eigenvalue weighted by Gasteiger charge is -2.11. The highest BCUT2D eigenvalue weighted by molar-refractivity contribution is 6.06. The van der Waals surface area contributed by atoms with Crippen molar-refractivity contribution in [2.75, 3.05) is 6.54 Å². The Morgan fingerprint density at radius 1 is 1.00 bits per heavy atom. The normalized spacial score (nSPS) is 14.6. The van der Waals surface area contributed by atoms with E-state index < -0.39 is 17.8 Å². The summed E-state index contributed by atoms with van der Waals surface area (Å²) in [7, 11) is 0. The highest BCUT2D eigenvalue weighted by Crippen LogP contribution is 2.24. The summed E-state index contributed by atoms with van der Waals surface area (Å²) < 4.78 is 1.48. The van der Waals surface area contributed by atoms with Gasteiger partial charge in [-0.1, -0.05) is 24.0 Å². The van der Waals surface area contributed by atoms with Crippen LogP contribution in [0, 0.1) is 17.8 Å². The van der Waals surface area contributed by atoms with Crippen molar-refractivity contribution >= 4 is 34.9 Å². The number of nitrogens with two attached hydrogens (primary N) is 1. The second kappa shape index (κ2) is 11.0. The van der Waals surface area contributed by atoms with Gasteiger partial charge in [0.15, 0.2) is 12.8 Å². The molecule has 1 atom stereocenters. The highest BCUT2D eigenvalue weighted by atomic mass is 16.4. The van der Waals surface area contributed by atoms with Crippen molar-refractivity contribution in [3.05, 3.63) is 95.3 Å². The quantitative estimate of drug-likeness (QED) is 0.124. The zero-order valence-corrected chi connectivity index (χ0v) is 20.8. The van der Waals surface area contributed by atoms with Gasteiger partial charge in [-0.15, -0.1) is 0 Å². The van der Waals surface area contributed by atoms with Crippen molar-refractivity contribution in [1.82, 2.24) is 15.4 Å². The molecule has 2 amide bonds. The van der Waals surface area contributed by atoms with Gasteiger partial charge in [0.25, 0.3) is 5.91 Å². The van der Waals surface area contributed by atoms with Gasteiger partial charge in [0.2, 0.25) is 0 Å². The van der Waals surface area contributed by atoms with E-state index in [0.29, 0.717) is 47.1 Å². The lowest BCUT2D eigenvalue weighted by atomic mass is 10.0. The molecule has 1 unspecified atom stereocenters. The first-order chi connectivity index (χ1) is 18.9. The zero-order chi connectivity index (χ0) is 27.4. The van der Waals surface area contributed by atoms with Gasteiger partial charge in [0, 0.05) is 40.9 Å². The van der Waals surface area contributed by atoms with Crippen LogP contribution < -0.4 is 11.3 Å². The largest absolute Gasteiger partial charge is 0.481 e. The molecule has 0 spiro atoms. The summed E-state index contributed by atoms with van der Waals surface area (Å²) in [6.45, 7) is 0.508. The van der Waals surface area contributed by atoms with E-state index in [1.54, 1.807) is 48.8 Å². The van der Waals surface area contributed by atoms with E-state index in [0.717, 1.165) is 16.7 Å². The van der Waals surface area contributed by atoms with Crippen LogP contribution >= 0.6 is 0 Å². The van der Waals surface area contributed by atoms with Crippen LogP contribution in [0.25, 0.3) is 22.2 Å². The monoisotopic (exact) mass is 518 g/mol. The Labute approximate surface area is 224 Å². The van der Waals surface area contributed by atoms with E-state index in [1.165, 1.54) is 10.8 Å². The predicted molar refractivity (Wildman–Crippen MR) is 145 cm³/mol. The second-order valence-corrected chi connectivity index (χ2v) is 9.06. The summed E-state index contributed by atoms with van der Waals surface area (Å²) in [4.78, 5) is 45.1. The standard InChI is InChI=1S/C30H23N5O4/c31-34-28(36)24-16-27(33-26-13-14-32-17-25(24)26)21-9-5-19(6-10-21)3-4-20-7-11-22(12-8-20)29(37)35-15-1-2-23(18-35)30(38)39/h5-14,16-18,23H,1-2,15H2,(H3-,31,32,33,34,36,37,38,39)/p+1. The number of nitrogens with one attached hydrogen (secondary N) is 1. The average molecular weight is 519 g/mol. The Kier molecular flexibility index (Phi) is 7.21. The van der Waals surface area contributed by atoms with Crippen LogP contribution in [-0.2, 0) is 4.79 Å². The average Bonchev–Trinajstić information content (AvgIpc) is 2.99. The second-order valence-electron chi connectivity index (χ2n) is 9.06. The van der Waals surface area contributed by atoms with Crippen LogP contribution in [0.1, 0.15) is 44.7 Å². The molecule has 0 radical (unpaired) electrons. The van der Waals surface area contributed by atoms with Crippen molar-refractivity contribution in [3.8, 4) is 23.1 Å². The Balaban J connectivity index is 1.33. The number of pyridine rings is 2. The van der Waals surface area contributed by atoms with Crippen molar-refractivity contribution < 1.29 is 24.1 Å². The SMILES string of the molecule is NNC(=O)c1cc(-c2ccc(C#Cc3ccc(C(=O)[N+]4=CC(C(=O)O)CCC4)cc3)cc2)nc2ccncc12. The maximum atomic E-state index is 12.8. The van der Waals surface area contributed by atoms with Gasteiger partial charge >= 0.3 is 11.9 Å². The van der Waals surface area contributed by atoms with Crippen LogP contribution in [0.15, 0.2) is 73.1 Å². The summed E-state index contributed by atoms with van der Waals surface area (Å²) in [5.74, 6) is 9.37. The van der Waals surface area contributed by atoms with Gasteiger partial charge in [-0.2, -0.15) is 4.58 Å². The van der Waals surface area contributed by atoms with E-state index >= 15 is 0 Å². The molecule has 0 aliphatic carbocycles. The number of carboxylic acids is 1. The van der Waals surface area contributed by atoms with Gasteiger partial charge in [-0.25, -0.2) is 15.6 Å². The lowest BCUT2D eigenvalue weighted by Crippen LogP contribution is -2.33. The number of hydrazine groups is 1. The maximum Gasteiger partial charge on any atom is 0.419 e. The first kappa shape index (κ1) is 25.4. The molecular weight excluding hydrogens is 494 g/mol. The summed E-state index contributed by atoms with van der Waals surface area (Å²) in [6.07, 6.45) is 5.89. The molecule has 2 aromatic carbocycles. The Morgan fingerprint density at radius 3 is 2.36 bits per heavy atom. The molecule has 0 fully saturated rings. The summed E-state index contributed by atoms with van der Waals surface area (Å²) >= 11 is 0. The smallest absolute Gasteiger partial charge is 0.419 e. The number of carboxylic acid groups (broad SMARTS) is 1. The number of carbonyl (C=O) groups is 3. The topological polar surface area (TPSA) is 138 Å². The molecule has 1 aliphatic rings. The Bertz CT molecular complexity index is 1680. The fourth-order valence-electron chi connectivity index (χ4n) is 4.42. The maximum absolute atomic E-state index is 12.8. The molecule has 2 aromatic heterocycles. The first-order valence-electron chi connectivity index (χ1n) is 12.3. The van der Waals surface area contributed by atoms with Crippen LogP contribution in [-0.4, -0.2) is 50.2 Å². The molecule has 9 nitrogen and oxygen atoms in total. The summed E-state index contributed by atoms with van der Waals surface area (Å²) in [5.41, 5.74) is 6.62. The van der Waals surface area contributed by atoms with Crippen molar-refractivity contribution in [1.29, 1.82) is 0 Å². The molecule has 4 aromatic rings. The van der Waals surface area contributed by atoms with E-state index in [9.17, 15) is 19.5 Å². The van der Waals surface area contributed by atoms with E-state index in [4.69, 9.17) is 5.84 Å². The number of amides is 2. The molecule has 0 bridgehead atoms. The number of nitrogen functional groups attached to an aromatic ring is 1. The molecule has 4 N–H and O–H groups in total. The third kappa shape index (κ3) is 5.56. The molecule has 192 valence electrons. The highest BCUT2D eigenvalue weighted by Gasteiger charge is 2.29. The summed E-state index contributed by atoms with van der Waals surface area (Å²) in [6, 6.07) is 17.8. The van der Waals surface area contributed by atoms with Crippen molar-refractivity contribution in [2.24, 2.45) is 11.8 Å². The van der Waals surface area contributed by atoms with E-state index in [1.807, 2.05) is 24.3 Å². The fraction of sp³-hybridized carbons (Fsp3) is 0.133. The number of aliphatic carboxylic acids is 1. The first-order valence-corrected chi connectivity index (χ1v) is 12.3. The number of nitrogens with zero attached hydrogens (tertiary/aromatic N) is 3. The number of rotatable bonds is 4. The Hall–Kier alpha value is -5.20. The zero-order valence-electron chi connectivity index (χ0n) is 20.8. The van der Waals surface area contributed by atoms with E-state index in [2.05, 4.69) is 27.2 Å². The number of aromatic nitrogens is 2. The minimum absolute atomic E-state index is 0.221. The molecule has 0 saturated heterocycles.